The highest BCUT2D eigenvalue weighted by Gasteiger charge is 2.35. The van der Waals surface area contributed by atoms with Crippen molar-refractivity contribution in [2.75, 3.05) is 80.6 Å². The van der Waals surface area contributed by atoms with Gasteiger partial charge >= 0.3 is 12.1 Å². The van der Waals surface area contributed by atoms with Gasteiger partial charge in [0, 0.05) is 68.8 Å². The molecule has 2 aromatic rings. The van der Waals surface area contributed by atoms with Crippen molar-refractivity contribution in [2.45, 2.75) is 162 Å². The number of nitriles is 2. The van der Waals surface area contributed by atoms with Crippen LogP contribution in [0.25, 0.3) is 0 Å². The summed E-state index contributed by atoms with van der Waals surface area (Å²) in [6.45, 7) is 19.1. The fourth-order valence-electron chi connectivity index (χ4n) is 10.8. The lowest BCUT2D eigenvalue weighted by atomic mass is 9.91. The summed E-state index contributed by atoms with van der Waals surface area (Å²) in [4.78, 5) is 50.6. The van der Waals surface area contributed by atoms with Gasteiger partial charge in [-0.1, -0.05) is 74.2 Å². The highest BCUT2D eigenvalue weighted by atomic mass is 79.9. The van der Waals surface area contributed by atoms with Crippen LogP contribution in [0.4, 0.5) is 21.5 Å². The van der Waals surface area contributed by atoms with E-state index in [1.54, 1.807) is 0 Å². The fourth-order valence-corrected chi connectivity index (χ4v) is 11.4. The Balaban J connectivity index is 0.000000198. The predicted molar refractivity (Wildman–Crippen MR) is 279 cm³/mol. The molecule has 2 saturated carbocycles. The molecule has 4 aliphatic heterocycles. The van der Waals surface area contributed by atoms with E-state index < -0.39 is 0 Å². The molecule has 8 rings (SSSR count). The maximum absolute atomic E-state index is 12.7. The van der Waals surface area contributed by atoms with Gasteiger partial charge in [0.25, 0.3) is 0 Å². The summed E-state index contributed by atoms with van der Waals surface area (Å²) in [5, 5.41) is 32.0. The average Bonchev–Trinajstić information content (AvgIpc) is 3.37. The number of urea groups is 2. The number of carbonyl (C=O) groups excluding carboxylic acids is 2. The van der Waals surface area contributed by atoms with E-state index in [1.807, 2.05) is 21.9 Å². The molecule has 0 radical (unpaired) electrons. The third-order valence-electron chi connectivity index (χ3n) is 14.8. The van der Waals surface area contributed by atoms with Crippen LogP contribution in [-0.2, 0) is 0 Å². The van der Waals surface area contributed by atoms with Crippen molar-refractivity contribution in [2.24, 2.45) is 23.7 Å². The number of nitrogens with one attached hydrogen (secondary N) is 4. The number of piperidine rings is 2. The molecule has 6 fully saturated rings. The molecule has 16 nitrogen and oxygen atoms in total. The van der Waals surface area contributed by atoms with E-state index in [2.05, 4.69) is 102 Å². The van der Waals surface area contributed by atoms with Crippen LogP contribution in [0, 0.1) is 46.3 Å². The number of anilines is 2. The number of alkyl halides is 1. The molecular formula is C52H85BrN14O2. The topological polar surface area (TPSA) is 194 Å². The summed E-state index contributed by atoms with van der Waals surface area (Å²) in [6, 6.07) is 4.35. The number of halogens is 1. The minimum absolute atomic E-state index is 0.0179. The molecule has 6 heterocycles. The molecule has 2 aliphatic carbocycles. The van der Waals surface area contributed by atoms with Gasteiger partial charge in [0.2, 0.25) is 11.9 Å². The van der Waals surface area contributed by atoms with E-state index in [-0.39, 0.29) is 36.2 Å². The molecule has 4 saturated heterocycles. The molecule has 69 heavy (non-hydrogen) atoms. The Morgan fingerprint density at radius 1 is 0.565 bits per heavy atom. The molecule has 0 spiro atoms. The first-order valence-electron chi connectivity index (χ1n) is 26.5. The summed E-state index contributed by atoms with van der Waals surface area (Å²) < 4.78 is 0. The van der Waals surface area contributed by atoms with Crippen molar-refractivity contribution in [1.82, 2.24) is 51.0 Å². The molecule has 2 aromatic heterocycles. The first-order valence-corrected chi connectivity index (χ1v) is 27.7. The van der Waals surface area contributed by atoms with Crippen LogP contribution >= 0.6 is 15.9 Å². The third-order valence-corrected chi connectivity index (χ3v) is 15.7. The maximum atomic E-state index is 12.7. The van der Waals surface area contributed by atoms with Crippen LogP contribution in [0.15, 0.2) is 24.8 Å². The summed E-state index contributed by atoms with van der Waals surface area (Å²) >= 11 is 3.51. The Bertz CT molecular complexity index is 1710. The van der Waals surface area contributed by atoms with Gasteiger partial charge in [0.15, 0.2) is 0 Å². The second-order valence-corrected chi connectivity index (χ2v) is 21.3. The minimum atomic E-state index is 0.0179. The largest absolute Gasteiger partial charge is 0.338 e. The molecule has 4 atom stereocenters. The highest BCUT2D eigenvalue weighted by Crippen LogP contribution is 2.26. The van der Waals surface area contributed by atoms with E-state index in [0.717, 1.165) is 63.9 Å². The van der Waals surface area contributed by atoms with Gasteiger partial charge < -0.3 is 40.9 Å². The Labute approximate surface area is 423 Å². The molecule has 382 valence electrons. The number of aromatic nitrogens is 4. The molecule has 0 unspecified atom stereocenters. The molecule has 0 bridgehead atoms. The Hall–Kier alpha value is -4.32. The molecular weight excluding hydrogens is 933 g/mol. The van der Waals surface area contributed by atoms with E-state index in [0.29, 0.717) is 61.0 Å². The molecule has 6 aliphatic rings. The molecule has 17 heteroatoms. The molecule has 4 N–H and O–H groups in total. The lowest BCUT2D eigenvalue weighted by Gasteiger charge is -2.44. The van der Waals surface area contributed by atoms with Gasteiger partial charge in [-0.2, -0.15) is 10.5 Å². The zero-order valence-corrected chi connectivity index (χ0v) is 44.3. The fraction of sp³-hybridized carbons (Fsp3) is 0.769. The summed E-state index contributed by atoms with van der Waals surface area (Å²) in [7, 11) is 0. The number of carbonyl (C=O) groups is 2. The monoisotopic (exact) mass is 1020 g/mol. The maximum Gasteiger partial charge on any atom is 0.318 e. The zero-order valence-electron chi connectivity index (χ0n) is 42.7. The third kappa shape index (κ3) is 18.7. The predicted octanol–water partition coefficient (Wildman–Crippen LogP) is 8.24. The Morgan fingerprint density at radius 2 is 0.913 bits per heavy atom. The lowest BCUT2D eigenvalue weighted by Crippen LogP contribution is -2.61. The first kappa shape index (κ1) is 55.6. The molecule has 0 aromatic carbocycles. The van der Waals surface area contributed by atoms with Gasteiger partial charge in [-0.15, -0.1) is 0 Å². The lowest BCUT2D eigenvalue weighted by molar-refractivity contribution is 0.140. The highest BCUT2D eigenvalue weighted by molar-refractivity contribution is 9.09. The summed E-state index contributed by atoms with van der Waals surface area (Å²) in [6.07, 6.45) is 27.8. The van der Waals surface area contributed by atoms with E-state index in [1.165, 1.54) is 120 Å². The van der Waals surface area contributed by atoms with Crippen LogP contribution in [-0.4, -0.2) is 137 Å². The normalized spacial score (nSPS) is 23.9. The van der Waals surface area contributed by atoms with E-state index >= 15 is 0 Å². The summed E-state index contributed by atoms with van der Waals surface area (Å²) in [5.41, 5.74) is 0.901. The van der Waals surface area contributed by atoms with Crippen molar-refractivity contribution < 1.29 is 9.59 Å². The van der Waals surface area contributed by atoms with Crippen LogP contribution in [0.1, 0.15) is 148 Å². The van der Waals surface area contributed by atoms with E-state index in [9.17, 15) is 9.59 Å². The van der Waals surface area contributed by atoms with Gasteiger partial charge in [-0.3, -0.25) is 0 Å². The van der Waals surface area contributed by atoms with Crippen LogP contribution in [0.2, 0.25) is 0 Å². The van der Waals surface area contributed by atoms with E-state index in [4.69, 9.17) is 10.5 Å². The van der Waals surface area contributed by atoms with Gasteiger partial charge in [-0.25, -0.2) is 29.5 Å². The first-order chi connectivity index (χ1) is 33.5. The quantitative estimate of drug-likeness (QED) is 0.176. The van der Waals surface area contributed by atoms with Crippen LogP contribution < -0.4 is 31.1 Å². The van der Waals surface area contributed by atoms with Gasteiger partial charge in [0.1, 0.15) is 12.1 Å². The van der Waals surface area contributed by atoms with Gasteiger partial charge in [0.05, 0.1) is 35.9 Å². The van der Waals surface area contributed by atoms with Crippen molar-refractivity contribution in [3.63, 3.8) is 0 Å². The van der Waals surface area contributed by atoms with Crippen LogP contribution in [0.5, 0.6) is 0 Å². The minimum Gasteiger partial charge on any atom is -0.338 e. The van der Waals surface area contributed by atoms with Crippen LogP contribution in [0.3, 0.4) is 0 Å². The SMILES string of the molecule is BrCC1CCCCC1.CC1CCCCC1.C[C@@H]1CN(c2ncc(C#N)cn2)C[C@H](C)N1C(=O)NCCC1CCNCC1.C[C@@H]1CN(c2ncc(C#N)cn2)C[C@H](C)N1C(=O)NCCC1CCNCC1. The Morgan fingerprint density at radius 3 is 1.20 bits per heavy atom. The second-order valence-electron chi connectivity index (χ2n) is 20.6. The number of hydrogen-bond acceptors (Lipinski definition) is 12. The number of piperazine rings is 2. The van der Waals surface area contributed by atoms with Crippen molar-refractivity contribution in [3.05, 3.63) is 35.9 Å². The average molecular weight is 1020 g/mol. The smallest absolute Gasteiger partial charge is 0.318 e. The standard InChI is InChI=1S/2C19H29N7O.C7H13Br.C7H14/c2*1-14-12-25(18-23-10-17(9-20)11-24-18)13-15(2)26(14)19(27)22-8-5-16-3-6-21-7-4-16;8-6-7-4-2-1-3-5-7;1-7-5-3-2-4-6-7/h2*10-11,14-16,21H,3-8,12-13H2,1-2H3,(H,22,27);7H,1-6H2;7H,2-6H2,1H3/t2*14-,15+;;. The van der Waals surface area contributed by atoms with Crippen molar-refractivity contribution >= 4 is 39.9 Å². The number of nitrogens with zero attached hydrogens (tertiary/aromatic N) is 10. The zero-order chi connectivity index (χ0) is 49.4. The summed E-state index contributed by atoms with van der Waals surface area (Å²) in [5.74, 6) is 4.69. The molecule has 4 amide bonds. The second kappa shape index (κ2) is 30.4. The van der Waals surface area contributed by atoms with Gasteiger partial charge in [-0.05, 0) is 129 Å². The van der Waals surface area contributed by atoms with Crippen molar-refractivity contribution in [3.8, 4) is 12.1 Å². The number of hydrogen-bond donors (Lipinski definition) is 4. The van der Waals surface area contributed by atoms with Crippen molar-refractivity contribution in [1.29, 1.82) is 10.5 Å². The Kier molecular flexibility index (Phi) is 24.5. The number of amides is 4. The number of rotatable bonds is 9.